The predicted molar refractivity (Wildman–Crippen MR) is 307 cm³/mol. The third kappa shape index (κ3) is 60.0. The Morgan fingerprint density at radius 3 is 0.778 bits per heavy atom. The van der Waals surface area contributed by atoms with Crippen LogP contribution in [0, 0.1) is 0 Å². The topological polar surface area (TPSA) is 146 Å². The van der Waals surface area contributed by atoms with Crippen molar-refractivity contribution < 1.29 is 37.7 Å². The molecule has 2 unspecified atom stereocenters. The average molecular weight is 1050 g/mol. The first kappa shape index (κ1) is 73.3. The molecule has 0 bridgehead atoms. The van der Waals surface area contributed by atoms with E-state index in [4.69, 9.17) is 0 Å². The lowest BCUT2D eigenvalue weighted by molar-refractivity contribution is -0.680. The van der Waals surface area contributed by atoms with E-state index in [1.54, 1.807) is 0 Å². The van der Waals surface area contributed by atoms with E-state index in [2.05, 4.69) is 59.5 Å². The van der Waals surface area contributed by atoms with Gasteiger partial charge in [0.1, 0.15) is 12.3 Å². The summed E-state index contributed by atoms with van der Waals surface area (Å²) in [5.74, 6) is -0.903. The lowest BCUT2D eigenvalue weighted by Gasteiger charge is -2.14. The molecule has 0 aromatic rings. The third-order valence-corrected chi connectivity index (χ3v) is 15.8. The number of aliphatic carboxylic acids is 1. The van der Waals surface area contributed by atoms with Crippen molar-refractivity contribution in [3.8, 4) is 0 Å². The summed E-state index contributed by atoms with van der Waals surface area (Å²) in [5.41, 5.74) is 0. The number of hydrogen-bond donors (Lipinski definition) is 2. The second-order valence-electron chi connectivity index (χ2n) is 22.3. The van der Waals surface area contributed by atoms with Crippen molar-refractivity contribution >= 4 is 16.4 Å². The highest BCUT2D eigenvalue weighted by molar-refractivity contribution is 7.80. The number of carboxylic acid groups (broad SMARTS) is 1. The number of rotatable bonds is 49. The highest BCUT2D eigenvalue weighted by Gasteiger charge is 2.24. The molecule has 2 fully saturated rings. The Hall–Kier alpha value is -0.820. The van der Waals surface area contributed by atoms with Gasteiger partial charge in [-0.05, 0) is 39.8 Å². The quantitative estimate of drug-likeness (QED) is 0.0348. The molecular formula is C61H128N4O6S. The lowest BCUT2D eigenvalue weighted by Crippen LogP contribution is -2.88. The Labute approximate surface area is 450 Å². The van der Waals surface area contributed by atoms with Crippen molar-refractivity contribution in [2.24, 2.45) is 0 Å². The molecule has 2 saturated heterocycles. The van der Waals surface area contributed by atoms with E-state index in [1.165, 1.54) is 315 Å². The average Bonchev–Trinajstić information content (AvgIpc) is 3.98. The van der Waals surface area contributed by atoms with Crippen molar-refractivity contribution in [1.82, 2.24) is 9.80 Å². The highest BCUT2D eigenvalue weighted by atomic mass is 32.3. The summed E-state index contributed by atoms with van der Waals surface area (Å²) in [4.78, 5) is 15.3. The molecule has 434 valence electrons. The SMILES string of the molecule is CCCCCCCCCCCCCCCCCC(=O)[O-].CCCCCCCCCCCCCCCCCC1[NH2+]CCN1C.CCCCCCCCCCCCCCCCCC1[NH2+]CCN1C.COS(=O)(=O)[O-]. The zero-order valence-corrected chi connectivity index (χ0v) is 50.1. The summed E-state index contributed by atoms with van der Waals surface area (Å²) < 4.78 is 31.0. The molecule has 4 N–H and O–H groups in total. The summed E-state index contributed by atoms with van der Waals surface area (Å²) in [6, 6.07) is 0. The van der Waals surface area contributed by atoms with Gasteiger partial charge in [0.25, 0.3) is 0 Å². The fourth-order valence-corrected chi connectivity index (χ4v) is 10.4. The number of hydrogen-bond acceptors (Lipinski definition) is 8. The Kier molecular flexibility index (Phi) is 60.5. The highest BCUT2D eigenvalue weighted by Crippen LogP contribution is 2.17. The number of carbonyl (C=O) groups excluding carboxylic acids is 1. The summed E-state index contributed by atoms with van der Waals surface area (Å²) >= 11 is 0. The van der Waals surface area contributed by atoms with Gasteiger partial charge in [0, 0.05) is 18.8 Å². The van der Waals surface area contributed by atoms with E-state index < -0.39 is 16.4 Å². The maximum Gasteiger partial charge on any atom is 0.217 e. The van der Waals surface area contributed by atoms with Crippen molar-refractivity contribution in [2.75, 3.05) is 47.4 Å². The molecule has 2 rings (SSSR count). The van der Waals surface area contributed by atoms with Crippen LogP contribution in [0.5, 0.6) is 0 Å². The molecule has 2 aliphatic rings. The summed E-state index contributed by atoms with van der Waals surface area (Å²) in [5, 5.41) is 15.3. The van der Waals surface area contributed by atoms with Crippen LogP contribution >= 0.6 is 0 Å². The Balaban J connectivity index is 0. The van der Waals surface area contributed by atoms with Gasteiger partial charge in [-0.2, -0.15) is 0 Å². The van der Waals surface area contributed by atoms with Crippen molar-refractivity contribution in [2.45, 2.75) is 341 Å². The predicted octanol–water partition coefficient (Wildman–Crippen LogP) is 14.3. The van der Waals surface area contributed by atoms with Crippen LogP contribution in [-0.4, -0.2) is 88.5 Å². The standard InChI is InChI=1S/2C21H44N2.C18H36O2.CH4O4S/c2*1-3-4-5-6-7-8-9-10-11-12-13-14-15-16-17-18-21-22-19-20-23(21)2;1-2-3-4-5-6-7-8-9-10-11-12-13-14-15-16-17-18(19)20;1-5-6(2,3)4/h2*21-22H,3-20H2,1-2H3;2-17H2,1H3,(H,19,20);1H3,(H,2,3,4). The second kappa shape index (κ2) is 59.4. The summed E-state index contributed by atoms with van der Waals surface area (Å²) in [6.07, 6.45) is 68.1. The minimum absolute atomic E-state index is 0.234. The van der Waals surface area contributed by atoms with Gasteiger partial charge in [0.15, 0.2) is 0 Å². The molecule has 72 heavy (non-hydrogen) atoms. The zero-order chi connectivity index (χ0) is 53.3. The van der Waals surface area contributed by atoms with Gasteiger partial charge in [-0.25, -0.2) is 8.42 Å². The molecule has 0 aromatic carbocycles. The minimum Gasteiger partial charge on any atom is -0.726 e. The van der Waals surface area contributed by atoms with Crippen LogP contribution in [0.25, 0.3) is 0 Å². The van der Waals surface area contributed by atoms with Gasteiger partial charge in [-0.3, -0.25) is 14.0 Å². The van der Waals surface area contributed by atoms with Gasteiger partial charge in [0.2, 0.25) is 10.4 Å². The van der Waals surface area contributed by atoms with Crippen LogP contribution in [0.1, 0.15) is 329 Å². The molecular weight excluding hydrogens is 917 g/mol. The van der Waals surface area contributed by atoms with Gasteiger partial charge in [-0.15, -0.1) is 0 Å². The first-order valence-electron chi connectivity index (χ1n) is 31.8. The molecule has 0 radical (unpaired) electrons. The van der Waals surface area contributed by atoms with Crippen LogP contribution < -0.4 is 15.7 Å². The molecule has 2 aliphatic heterocycles. The van der Waals surface area contributed by atoms with Crippen LogP contribution in [-0.2, 0) is 19.4 Å². The van der Waals surface area contributed by atoms with Crippen molar-refractivity contribution in [3.05, 3.63) is 0 Å². The number of carbonyl (C=O) groups is 1. The van der Waals surface area contributed by atoms with E-state index in [9.17, 15) is 22.9 Å². The monoisotopic (exact) mass is 1040 g/mol. The Bertz CT molecular complexity index is 1120. The molecule has 2 heterocycles. The smallest absolute Gasteiger partial charge is 0.217 e. The number of unbranched alkanes of at least 4 members (excludes halogenated alkanes) is 42. The van der Waals surface area contributed by atoms with E-state index in [1.807, 2.05) is 0 Å². The minimum atomic E-state index is -4.41. The van der Waals surface area contributed by atoms with Gasteiger partial charge in [-0.1, -0.05) is 290 Å². The number of carboxylic acids is 1. The van der Waals surface area contributed by atoms with Crippen LogP contribution in [0.2, 0.25) is 0 Å². The lowest BCUT2D eigenvalue weighted by atomic mass is 10.0. The Morgan fingerprint density at radius 1 is 0.417 bits per heavy atom. The first-order chi connectivity index (χ1) is 35.0. The van der Waals surface area contributed by atoms with E-state index in [0.29, 0.717) is 0 Å². The molecule has 10 nitrogen and oxygen atoms in total. The van der Waals surface area contributed by atoms with Gasteiger partial charge in [0.05, 0.1) is 33.3 Å². The first-order valence-corrected chi connectivity index (χ1v) is 33.1. The second-order valence-corrected chi connectivity index (χ2v) is 23.4. The largest absolute Gasteiger partial charge is 0.726 e. The number of nitrogens with two attached hydrogens (primary N) is 2. The zero-order valence-electron chi connectivity index (χ0n) is 49.3. The van der Waals surface area contributed by atoms with Crippen LogP contribution in [0.15, 0.2) is 0 Å². The number of quaternary nitrogens is 2. The summed E-state index contributed by atoms with van der Waals surface area (Å²) in [6.45, 7) is 12.0. The number of likely N-dealkylation sites (N-methyl/N-ethyl adjacent to an activating group) is 2. The molecule has 2 atom stereocenters. The van der Waals surface area contributed by atoms with Crippen molar-refractivity contribution in [3.63, 3.8) is 0 Å². The molecule has 11 heteroatoms. The summed E-state index contributed by atoms with van der Waals surface area (Å²) in [7, 11) is 0.950. The molecule has 0 spiro atoms. The maximum atomic E-state index is 10.2. The van der Waals surface area contributed by atoms with E-state index in [0.717, 1.165) is 32.3 Å². The normalized spacial score (nSPS) is 16.0. The fourth-order valence-electron chi connectivity index (χ4n) is 10.4. The third-order valence-electron chi connectivity index (χ3n) is 15.4. The van der Waals surface area contributed by atoms with Gasteiger partial charge < -0.3 is 25.1 Å². The number of nitrogens with zero attached hydrogens (tertiary/aromatic N) is 2. The molecule has 0 aromatic heterocycles. The molecule has 0 saturated carbocycles. The van der Waals surface area contributed by atoms with Crippen LogP contribution in [0.3, 0.4) is 0 Å². The molecule has 0 aliphatic carbocycles. The maximum absolute atomic E-state index is 10.2. The van der Waals surface area contributed by atoms with Crippen LogP contribution in [0.4, 0.5) is 0 Å². The Morgan fingerprint density at radius 2 is 0.611 bits per heavy atom. The van der Waals surface area contributed by atoms with Gasteiger partial charge >= 0.3 is 0 Å². The fraction of sp³-hybridized carbons (Fsp3) is 0.984. The van der Waals surface area contributed by atoms with E-state index in [-0.39, 0.29) is 6.42 Å². The van der Waals surface area contributed by atoms with E-state index >= 15 is 0 Å². The molecule has 0 amide bonds. The van der Waals surface area contributed by atoms with Crippen molar-refractivity contribution in [1.29, 1.82) is 0 Å².